The number of halogens is 2. The van der Waals surface area contributed by atoms with Crippen molar-refractivity contribution in [3.05, 3.63) is 28.8 Å². The Labute approximate surface area is 113 Å². The van der Waals surface area contributed by atoms with Crippen LogP contribution in [0.2, 0.25) is 5.02 Å². The molecule has 0 amide bonds. The van der Waals surface area contributed by atoms with Crippen molar-refractivity contribution in [2.45, 2.75) is 32.2 Å². The lowest BCUT2D eigenvalue weighted by atomic mass is 10.1. The normalized spacial score (nSPS) is 10.4. The van der Waals surface area contributed by atoms with Crippen molar-refractivity contribution in [1.82, 2.24) is 0 Å². The van der Waals surface area contributed by atoms with Crippen LogP contribution >= 0.6 is 23.2 Å². The monoisotopic (exact) mass is 270 g/mol. The van der Waals surface area contributed by atoms with Gasteiger partial charge in [-0.15, -0.1) is 11.6 Å². The number of rotatable bonds is 5. The zero-order valence-electron chi connectivity index (χ0n) is 10.1. The zero-order chi connectivity index (χ0) is 12.8. The van der Waals surface area contributed by atoms with Gasteiger partial charge in [0.25, 0.3) is 0 Å². The highest BCUT2D eigenvalue weighted by Gasteiger charge is 2.14. The predicted octanol–water partition coefficient (Wildman–Crippen LogP) is 4.21. The van der Waals surface area contributed by atoms with Gasteiger partial charge in [0.15, 0.2) is 0 Å². The van der Waals surface area contributed by atoms with Gasteiger partial charge in [-0.05, 0) is 31.5 Å². The zero-order valence-corrected chi connectivity index (χ0v) is 11.6. The molecule has 0 fully saturated rings. The minimum atomic E-state index is 0.309. The number of nitriles is 1. The molecule has 0 spiro atoms. The van der Waals surface area contributed by atoms with Gasteiger partial charge in [0.2, 0.25) is 0 Å². The van der Waals surface area contributed by atoms with E-state index in [-0.39, 0.29) is 0 Å². The lowest BCUT2D eigenvalue weighted by Crippen LogP contribution is -2.32. The highest BCUT2D eigenvalue weighted by Crippen LogP contribution is 2.28. The Morgan fingerprint density at radius 3 is 2.65 bits per heavy atom. The molecule has 1 aromatic carbocycles. The standard InChI is InChI=1S/C13H16Cl2N2/c1-10(2)17(7-3-6-16)13-8-12(15)5-4-11(13)9-14/h4-5,8,10H,3,7,9H2,1-2H3. The molecule has 0 aliphatic carbocycles. The first-order valence-electron chi connectivity index (χ1n) is 5.58. The van der Waals surface area contributed by atoms with Gasteiger partial charge in [-0.25, -0.2) is 0 Å². The largest absolute Gasteiger partial charge is 0.368 e. The Hall–Kier alpha value is -0.910. The molecule has 4 heteroatoms. The van der Waals surface area contributed by atoms with E-state index in [9.17, 15) is 0 Å². The second-order valence-electron chi connectivity index (χ2n) is 4.10. The fourth-order valence-corrected chi connectivity index (χ4v) is 2.14. The van der Waals surface area contributed by atoms with Crippen molar-refractivity contribution in [3.63, 3.8) is 0 Å². The molecule has 0 unspecified atom stereocenters. The van der Waals surface area contributed by atoms with Crippen LogP contribution in [0, 0.1) is 11.3 Å². The summed E-state index contributed by atoms with van der Waals surface area (Å²) in [7, 11) is 0. The quantitative estimate of drug-likeness (QED) is 0.750. The average Bonchev–Trinajstić information content (AvgIpc) is 2.29. The summed E-state index contributed by atoms with van der Waals surface area (Å²) in [6.07, 6.45) is 0.492. The molecule has 0 aliphatic heterocycles. The van der Waals surface area contributed by atoms with Crippen molar-refractivity contribution >= 4 is 28.9 Å². The van der Waals surface area contributed by atoms with E-state index in [2.05, 4.69) is 24.8 Å². The van der Waals surface area contributed by atoms with E-state index in [0.717, 1.165) is 11.3 Å². The first-order chi connectivity index (χ1) is 8.10. The van der Waals surface area contributed by atoms with Crippen LogP contribution in [0.1, 0.15) is 25.8 Å². The Morgan fingerprint density at radius 2 is 2.12 bits per heavy atom. The predicted molar refractivity (Wildman–Crippen MR) is 73.7 cm³/mol. The van der Waals surface area contributed by atoms with E-state index in [1.165, 1.54) is 0 Å². The Balaban J connectivity index is 3.08. The van der Waals surface area contributed by atoms with Crippen molar-refractivity contribution in [2.75, 3.05) is 11.4 Å². The molecule has 0 N–H and O–H groups in total. The van der Waals surface area contributed by atoms with E-state index < -0.39 is 0 Å². The van der Waals surface area contributed by atoms with Crippen LogP contribution in [-0.4, -0.2) is 12.6 Å². The molecule has 92 valence electrons. The summed E-state index contributed by atoms with van der Waals surface area (Å²) >= 11 is 12.0. The maximum Gasteiger partial charge on any atom is 0.0640 e. The molecule has 1 aromatic rings. The number of benzene rings is 1. The molecule has 0 aliphatic rings. The van der Waals surface area contributed by atoms with Gasteiger partial charge in [0.05, 0.1) is 12.5 Å². The Kier molecular flexibility index (Phi) is 5.61. The Morgan fingerprint density at radius 1 is 1.41 bits per heavy atom. The van der Waals surface area contributed by atoms with Crippen molar-refractivity contribution in [3.8, 4) is 6.07 Å². The summed E-state index contributed by atoms with van der Waals surface area (Å²) in [5.74, 6) is 0.447. The SMILES string of the molecule is CC(C)N(CCC#N)c1cc(Cl)ccc1CCl. The molecule has 1 rings (SSSR count). The third kappa shape index (κ3) is 3.80. The second kappa shape index (κ2) is 6.74. The lowest BCUT2D eigenvalue weighted by molar-refractivity contribution is 0.684. The van der Waals surface area contributed by atoms with Gasteiger partial charge in [0.1, 0.15) is 0 Å². The van der Waals surface area contributed by atoms with Gasteiger partial charge >= 0.3 is 0 Å². The van der Waals surface area contributed by atoms with Gasteiger partial charge in [-0.2, -0.15) is 5.26 Å². The molecule has 2 nitrogen and oxygen atoms in total. The topological polar surface area (TPSA) is 27.0 Å². The van der Waals surface area contributed by atoms with Gasteiger partial charge in [0, 0.05) is 29.2 Å². The van der Waals surface area contributed by atoms with Crippen LogP contribution in [0.4, 0.5) is 5.69 Å². The van der Waals surface area contributed by atoms with E-state index in [0.29, 0.717) is 29.9 Å². The van der Waals surface area contributed by atoms with Gasteiger partial charge in [-0.1, -0.05) is 17.7 Å². The third-order valence-corrected chi connectivity index (χ3v) is 3.11. The number of anilines is 1. The molecule has 0 saturated heterocycles. The van der Waals surface area contributed by atoms with Crippen molar-refractivity contribution < 1.29 is 0 Å². The van der Waals surface area contributed by atoms with Crippen molar-refractivity contribution in [1.29, 1.82) is 5.26 Å². The summed E-state index contributed by atoms with van der Waals surface area (Å²) in [5.41, 5.74) is 2.07. The first-order valence-corrected chi connectivity index (χ1v) is 6.49. The number of nitrogens with zero attached hydrogens (tertiary/aromatic N) is 2. The summed E-state index contributed by atoms with van der Waals surface area (Å²) in [6, 6.07) is 8.17. The average molecular weight is 271 g/mol. The van der Waals surface area contributed by atoms with Gasteiger partial charge < -0.3 is 4.90 Å². The minimum Gasteiger partial charge on any atom is -0.368 e. The first kappa shape index (κ1) is 14.2. The fraction of sp³-hybridized carbons (Fsp3) is 0.462. The van der Waals surface area contributed by atoms with Crippen LogP contribution in [0.15, 0.2) is 18.2 Å². The molecule has 0 radical (unpaired) electrons. The van der Waals surface area contributed by atoms with Crippen LogP contribution in [-0.2, 0) is 5.88 Å². The van der Waals surface area contributed by atoms with E-state index in [4.69, 9.17) is 28.5 Å². The smallest absolute Gasteiger partial charge is 0.0640 e. The van der Waals surface area contributed by atoms with Crippen LogP contribution in [0.5, 0.6) is 0 Å². The maximum atomic E-state index is 8.70. The summed E-state index contributed by atoms with van der Waals surface area (Å²) < 4.78 is 0. The molecule has 0 saturated carbocycles. The molecule has 0 atom stereocenters. The lowest BCUT2D eigenvalue weighted by Gasteiger charge is -2.30. The molecule has 0 bridgehead atoms. The fourth-order valence-electron chi connectivity index (χ4n) is 1.74. The van der Waals surface area contributed by atoms with Crippen LogP contribution in [0.3, 0.4) is 0 Å². The minimum absolute atomic E-state index is 0.309. The third-order valence-electron chi connectivity index (χ3n) is 2.59. The second-order valence-corrected chi connectivity index (χ2v) is 4.81. The van der Waals surface area contributed by atoms with Crippen molar-refractivity contribution in [2.24, 2.45) is 0 Å². The maximum absolute atomic E-state index is 8.70. The highest BCUT2D eigenvalue weighted by molar-refractivity contribution is 6.31. The Bertz CT molecular complexity index is 410. The number of alkyl halides is 1. The van der Waals surface area contributed by atoms with E-state index in [1.54, 1.807) is 0 Å². The summed E-state index contributed by atoms with van der Waals surface area (Å²) in [5, 5.41) is 9.39. The molecule has 17 heavy (non-hydrogen) atoms. The van der Waals surface area contributed by atoms with Crippen LogP contribution in [0.25, 0.3) is 0 Å². The van der Waals surface area contributed by atoms with E-state index in [1.807, 2.05) is 18.2 Å². The number of hydrogen-bond donors (Lipinski definition) is 0. The summed E-state index contributed by atoms with van der Waals surface area (Å²) in [4.78, 5) is 2.16. The molecular weight excluding hydrogens is 255 g/mol. The van der Waals surface area contributed by atoms with Crippen LogP contribution < -0.4 is 4.90 Å². The van der Waals surface area contributed by atoms with Gasteiger partial charge in [-0.3, -0.25) is 0 Å². The summed E-state index contributed by atoms with van der Waals surface area (Å²) in [6.45, 7) is 4.88. The number of hydrogen-bond acceptors (Lipinski definition) is 2. The molecular formula is C13H16Cl2N2. The van der Waals surface area contributed by atoms with E-state index >= 15 is 0 Å². The highest BCUT2D eigenvalue weighted by atomic mass is 35.5. The molecule has 0 aromatic heterocycles. The molecule has 0 heterocycles.